The molecular weight excluding hydrogens is 366 g/mol. The molecule has 0 fully saturated rings. The van der Waals surface area contributed by atoms with Gasteiger partial charge in [0.05, 0.1) is 7.11 Å². The van der Waals surface area contributed by atoms with E-state index in [4.69, 9.17) is 4.74 Å². The lowest BCUT2D eigenvalue weighted by Gasteiger charge is -2.22. The van der Waals surface area contributed by atoms with Gasteiger partial charge in [-0.15, -0.1) is 0 Å². The number of halogens is 1. The predicted octanol–water partition coefficient (Wildman–Crippen LogP) is 3.84. The van der Waals surface area contributed by atoms with Crippen LogP contribution in [0.5, 0.6) is 5.75 Å². The first-order chi connectivity index (χ1) is 10.8. The van der Waals surface area contributed by atoms with Crippen LogP contribution in [-0.2, 0) is 0 Å². The van der Waals surface area contributed by atoms with Crippen LogP contribution in [0.15, 0.2) is 83.3 Å². The second-order valence-corrected chi connectivity index (χ2v) is 7.80. The molecule has 0 bridgehead atoms. The molecule has 0 aliphatic rings. The van der Waals surface area contributed by atoms with E-state index in [1.165, 1.54) is 15.9 Å². The molecule has 23 heavy (non-hydrogen) atoms. The number of benzene rings is 3. The molecule has 3 aromatic rings. The fourth-order valence-corrected chi connectivity index (χ4v) is 5.68. The molecule has 1 atom stereocenters. The zero-order valence-electron chi connectivity index (χ0n) is 12.8. The summed E-state index contributed by atoms with van der Waals surface area (Å²) in [4.78, 5) is 0. The monoisotopic (exact) mass is 381 g/mol. The van der Waals surface area contributed by atoms with Gasteiger partial charge in [0.25, 0.3) is 0 Å². The van der Waals surface area contributed by atoms with Gasteiger partial charge in [0.15, 0.2) is 0 Å². The molecule has 0 aromatic heterocycles. The molecule has 3 rings (SSSR count). The van der Waals surface area contributed by atoms with Crippen molar-refractivity contribution in [2.24, 2.45) is 0 Å². The summed E-state index contributed by atoms with van der Waals surface area (Å²) in [7, 11) is 1.07. The van der Waals surface area contributed by atoms with Crippen molar-refractivity contribution in [1.82, 2.24) is 0 Å². The molecule has 3 radical (unpaired) electrons. The van der Waals surface area contributed by atoms with Crippen LogP contribution in [0.4, 0.5) is 0 Å². The van der Waals surface area contributed by atoms with Crippen molar-refractivity contribution in [2.45, 2.75) is 0 Å². The highest BCUT2D eigenvalue weighted by Crippen LogP contribution is 2.38. The predicted molar refractivity (Wildman–Crippen MR) is 105 cm³/mol. The number of ether oxygens (including phenoxy) is 1. The van der Waals surface area contributed by atoms with Crippen LogP contribution in [0, 0.1) is 0 Å². The van der Waals surface area contributed by atoms with Crippen molar-refractivity contribution in [3.05, 3.63) is 83.3 Å². The zero-order valence-corrected chi connectivity index (χ0v) is 15.3. The fourth-order valence-electron chi connectivity index (χ4n) is 2.43. The highest BCUT2D eigenvalue weighted by Gasteiger charge is 2.21. The maximum atomic E-state index is 5.61. The van der Waals surface area contributed by atoms with Gasteiger partial charge in [-0.25, -0.2) is 0 Å². The molecular formula is C19H16BBrOP. The van der Waals surface area contributed by atoms with E-state index >= 15 is 0 Å². The summed E-state index contributed by atoms with van der Waals surface area (Å²) >= 11 is 3.71. The summed E-state index contributed by atoms with van der Waals surface area (Å²) in [5, 5.41) is 3.85. The minimum atomic E-state index is -0.665. The molecule has 113 valence electrons. The topological polar surface area (TPSA) is 9.23 Å². The Hall–Kier alpha value is -1.57. The van der Waals surface area contributed by atoms with Crippen LogP contribution < -0.4 is 20.7 Å². The van der Waals surface area contributed by atoms with Crippen molar-refractivity contribution < 1.29 is 4.74 Å². The Balaban J connectivity index is 0.00000192. The SMILES string of the molecule is COc1ccccc1P(c1ccccc1)c1ccccc1Br.[B]. The van der Waals surface area contributed by atoms with E-state index in [1.54, 1.807) is 7.11 Å². The molecule has 0 heterocycles. The molecule has 4 heteroatoms. The second-order valence-electron chi connectivity index (χ2n) is 4.79. The lowest BCUT2D eigenvalue weighted by Crippen LogP contribution is -2.22. The number of hydrogen-bond acceptors (Lipinski definition) is 1. The molecule has 0 spiro atoms. The van der Waals surface area contributed by atoms with Crippen LogP contribution in [-0.4, -0.2) is 15.5 Å². The number of methoxy groups -OCH3 is 1. The standard InChI is InChI=1S/C19H16BrOP.B/c1-21-17-12-6-8-14-19(17)22(15-9-3-2-4-10-15)18-13-7-5-11-16(18)20;/h2-14H,1H3;. The summed E-state index contributed by atoms with van der Waals surface area (Å²) in [6.45, 7) is 0. The third kappa shape index (κ3) is 3.86. The molecule has 0 saturated heterocycles. The minimum absolute atomic E-state index is 0. The van der Waals surface area contributed by atoms with E-state index in [1.807, 2.05) is 18.2 Å². The van der Waals surface area contributed by atoms with Crippen molar-refractivity contribution in [3.63, 3.8) is 0 Å². The Labute approximate surface area is 149 Å². The minimum Gasteiger partial charge on any atom is -0.496 e. The summed E-state index contributed by atoms with van der Waals surface area (Å²) in [6, 6.07) is 27.3. The Morgan fingerprint density at radius 3 is 1.96 bits per heavy atom. The molecule has 0 saturated carbocycles. The Kier molecular flexibility index (Phi) is 6.44. The quantitative estimate of drug-likeness (QED) is 0.493. The Bertz CT molecular complexity index is 764. The molecule has 1 nitrogen and oxygen atoms in total. The first-order valence-electron chi connectivity index (χ1n) is 7.04. The maximum Gasteiger partial charge on any atom is 0.127 e. The van der Waals surface area contributed by atoms with E-state index in [0.717, 1.165) is 10.2 Å². The fraction of sp³-hybridized carbons (Fsp3) is 0.0526. The van der Waals surface area contributed by atoms with E-state index < -0.39 is 7.92 Å². The van der Waals surface area contributed by atoms with Crippen molar-refractivity contribution >= 4 is 48.2 Å². The van der Waals surface area contributed by atoms with Gasteiger partial charge in [-0.3, -0.25) is 0 Å². The van der Waals surface area contributed by atoms with Gasteiger partial charge in [-0.2, -0.15) is 0 Å². The smallest absolute Gasteiger partial charge is 0.127 e. The average Bonchev–Trinajstić information content (AvgIpc) is 2.58. The van der Waals surface area contributed by atoms with Gasteiger partial charge in [-0.1, -0.05) is 82.7 Å². The third-order valence-corrected chi connectivity index (χ3v) is 6.97. The number of rotatable bonds is 4. The van der Waals surface area contributed by atoms with Crippen LogP contribution in [0.25, 0.3) is 0 Å². The molecule has 0 aliphatic heterocycles. The first kappa shape index (κ1) is 17.8. The van der Waals surface area contributed by atoms with Crippen molar-refractivity contribution in [2.75, 3.05) is 7.11 Å². The maximum absolute atomic E-state index is 5.61. The van der Waals surface area contributed by atoms with Crippen LogP contribution >= 0.6 is 23.9 Å². The summed E-state index contributed by atoms with van der Waals surface area (Å²) < 4.78 is 6.75. The highest BCUT2D eigenvalue weighted by molar-refractivity contribution is 9.10. The Morgan fingerprint density at radius 1 is 0.739 bits per heavy atom. The largest absolute Gasteiger partial charge is 0.496 e. The van der Waals surface area contributed by atoms with Gasteiger partial charge >= 0.3 is 0 Å². The van der Waals surface area contributed by atoms with Crippen molar-refractivity contribution in [1.29, 1.82) is 0 Å². The van der Waals surface area contributed by atoms with E-state index in [-0.39, 0.29) is 8.41 Å². The number of para-hydroxylation sites is 1. The first-order valence-corrected chi connectivity index (χ1v) is 9.17. The summed E-state index contributed by atoms with van der Waals surface area (Å²) in [5.74, 6) is 0.938. The molecule has 3 aromatic carbocycles. The van der Waals surface area contributed by atoms with Gasteiger partial charge in [0.1, 0.15) is 5.75 Å². The van der Waals surface area contributed by atoms with Gasteiger partial charge in [0.2, 0.25) is 0 Å². The average molecular weight is 382 g/mol. The highest BCUT2D eigenvalue weighted by atomic mass is 79.9. The normalized spacial score (nSPS) is 11.4. The third-order valence-electron chi connectivity index (χ3n) is 3.43. The lowest BCUT2D eigenvalue weighted by atomic mass is 10.3. The molecule has 0 amide bonds. The van der Waals surface area contributed by atoms with Gasteiger partial charge in [-0.05, 0) is 30.7 Å². The number of hydrogen-bond donors (Lipinski definition) is 0. The second kappa shape index (κ2) is 8.33. The van der Waals surface area contributed by atoms with Gasteiger partial charge < -0.3 is 4.74 Å². The lowest BCUT2D eigenvalue weighted by molar-refractivity contribution is 0.418. The van der Waals surface area contributed by atoms with E-state index in [9.17, 15) is 0 Å². The van der Waals surface area contributed by atoms with E-state index in [2.05, 4.69) is 76.6 Å². The van der Waals surface area contributed by atoms with Crippen LogP contribution in [0.1, 0.15) is 0 Å². The zero-order chi connectivity index (χ0) is 15.4. The van der Waals surface area contributed by atoms with Gasteiger partial charge in [0, 0.05) is 18.2 Å². The van der Waals surface area contributed by atoms with Crippen LogP contribution in [0.3, 0.4) is 0 Å². The summed E-state index contributed by atoms with van der Waals surface area (Å²) in [5.41, 5.74) is 0. The molecule has 1 unspecified atom stereocenters. The van der Waals surface area contributed by atoms with E-state index in [0.29, 0.717) is 0 Å². The summed E-state index contributed by atoms with van der Waals surface area (Å²) in [6.07, 6.45) is 0. The molecule has 0 aliphatic carbocycles. The van der Waals surface area contributed by atoms with Crippen molar-refractivity contribution in [3.8, 4) is 5.75 Å². The molecule has 0 N–H and O–H groups in total. The van der Waals surface area contributed by atoms with Crippen LogP contribution in [0.2, 0.25) is 0 Å². The Morgan fingerprint density at radius 2 is 1.30 bits per heavy atom.